The van der Waals surface area contributed by atoms with Crippen LogP contribution in [0.1, 0.15) is 67.3 Å². The molecule has 1 aliphatic carbocycles. The minimum atomic E-state index is -1.17. The Bertz CT molecular complexity index is 2950. The number of nitrogens with zero attached hydrogens (tertiary/aromatic N) is 6. The van der Waals surface area contributed by atoms with Crippen LogP contribution in [-0.4, -0.2) is 121 Å². The Hall–Kier alpha value is -7.11. The first kappa shape index (κ1) is 48.2. The van der Waals surface area contributed by atoms with Crippen LogP contribution >= 0.6 is 0 Å². The van der Waals surface area contributed by atoms with Gasteiger partial charge in [0.1, 0.15) is 40.3 Å². The molecule has 17 heteroatoms. The highest BCUT2D eigenvalue weighted by molar-refractivity contribution is 6.17. The van der Waals surface area contributed by atoms with E-state index in [9.17, 15) is 23.6 Å². The number of piperazine rings is 1. The molecule has 1 saturated carbocycles. The smallest absolute Gasteiger partial charge is 0.255 e. The Morgan fingerprint density at radius 1 is 0.795 bits per heavy atom. The standard InChI is InChI=1S/C56H61F2N9O6/c1-35-3-14-47(52(68)60-35)67-34-44-42(53(67)69)12-13-45(58)51(44)66-25-18-40(19-26-66)64-29-27-63(28-30-64)33-36-16-23-65(24-17-36)48-32-46-43(31-50(48)72-2)49(15-22-59-46)73-41-10-8-39(9-11-41)62-55(71)56(20-21-56)54(70)61-38-6-4-37(57)5-7-38/h4-13,15,22,31-32,36,40,47H,1,3,14,16-21,23-30,33-34H2,2H3,(H,60,68)(H,61,70)(H,62,71). The van der Waals surface area contributed by atoms with Crippen molar-refractivity contribution in [2.24, 2.45) is 11.3 Å². The molecule has 73 heavy (non-hydrogen) atoms. The number of ether oxygens (including phenoxy) is 2. The van der Waals surface area contributed by atoms with Gasteiger partial charge in [-0.1, -0.05) is 6.58 Å². The zero-order valence-corrected chi connectivity index (χ0v) is 41.1. The number of rotatable bonds is 13. The third-order valence-corrected chi connectivity index (χ3v) is 16.0. The molecule has 380 valence electrons. The van der Waals surface area contributed by atoms with Crippen LogP contribution in [0.25, 0.3) is 10.9 Å². The molecule has 6 heterocycles. The van der Waals surface area contributed by atoms with Crippen LogP contribution < -0.4 is 35.2 Å². The largest absolute Gasteiger partial charge is 0.495 e. The van der Waals surface area contributed by atoms with Crippen LogP contribution in [-0.2, 0) is 20.9 Å². The average molecular weight is 994 g/mol. The van der Waals surface area contributed by atoms with Gasteiger partial charge >= 0.3 is 0 Å². The molecule has 1 atom stereocenters. The lowest BCUT2D eigenvalue weighted by Gasteiger charge is -2.44. The van der Waals surface area contributed by atoms with Gasteiger partial charge in [0.25, 0.3) is 5.91 Å². The molecule has 3 N–H and O–H groups in total. The Morgan fingerprint density at radius 3 is 2.12 bits per heavy atom. The molecule has 4 amide bonds. The molecule has 1 unspecified atom stereocenters. The van der Waals surface area contributed by atoms with Gasteiger partial charge in [0.15, 0.2) is 0 Å². The number of halogens is 2. The van der Waals surface area contributed by atoms with Gasteiger partial charge in [0.05, 0.1) is 24.0 Å². The molecule has 5 fully saturated rings. The SMILES string of the molecule is C=C1CCC(N2Cc3c(ccc(F)c3N3CCC(N4CCN(CC5CCN(c6cc7nccc(Oc8ccc(NC(=O)C9(C(=O)Nc%10ccc(F)cc%10)CC9)cc8)c7cc6OC)CC5)CC4)CC3)C2=O)C(=O)N1. The first-order chi connectivity index (χ1) is 35.4. The van der Waals surface area contributed by atoms with Crippen molar-refractivity contribution in [3.8, 4) is 17.2 Å². The Balaban J connectivity index is 0.643. The third-order valence-electron chi connectivity index (χ3n) is 16.0. The zero-order valence-electron chi connectivity index (χ0n) is 41.1. The van der Waals surface area contributed by atoms with Crippen molar-refractivity contribution in [2.75, 3.05) is 86.4 Å². The number of aromatic nitrogens is 1. The lowest BCUT2D eigenvalue weighted by Crippen LogP contribution is -2.54. The molecule has 15 nitrogen and oxygen atoms in total. The second-order valence-corrected chi connectivity index (χ2v) is 20.5. The van der Waals surface area contributed by atoms with Crippen LogP contribution in [0, 0.1) is 23.0 Å². The molecule has 1 aromatic heterocycles. The number of anilines is 4. The number of hydrogen-bond donors (Lipinski definition) is 3. The van der Waals surface area contributed by atoms with Crippen LogP contribution in [0.3, 0.4) is 0 Å². The number of carbonyl (C=O) groups excluding carboxylic acids is 4. The second-order valence-electron chi connectivity index (χ2n) is 20.5. The summed E-state index contributed by atoms with van der Waals surface area (Å²) in [6.07, 6.45) is 7.72. The van der Waals surface area contributed by atoms with Crippen molar-refractivity contribution in [1.29, 1.82) is 0 Å². The van der Waals surface area contributed by atoms with Crippen molar-refractivity contribution in [1.82, 2.24) is 25.0 Å². The summed E-state index contributed by atoms with van der Waals surface area (Å²) in [5, 5.41) is 9.20. The maximum Gasteiger partial charge on any atom is 0.255 e. The van der Waals surface area contributed by atoms with Crippen LogP contribution in [0.15, 0.2) is 97.3 Å². The molecule has 4 saturated heterocycles. The van der Waals surface area contributed by atoms with E-state index < -0.39 is 29.1 Å². The third kappa shape index (κ3) is 9.79. The molecule has 11 rings (SSSR count). The molecule has 5 aromatic rings. The van der Waals surface area contributed by atoms with Crippen molar-refractivity contribution < 1.29 is 37.4 Å². The summed E-state index contributed by atoms with van der Waals surface area (Å²) in [6, 6.07) is 21.2. The number of allylic oxidation sites excluding steroid dienone is 1. The first-order valence-electron chi connectivity index (χ1n) is 25.6. The predicted molar refractivity (Wildman–Crippen MR) is 275 cm³/mol. The van der Waals surface area contributed by atoms with Gasteiger partial charge in [-0.2, -0.15) is 0 Å². The number of benzene rings is 4. The maximum atomic E-state index is 15.6. The van der Waals surface area contributed by atoms with E-state index in [1.165, 1.54) is 30.3 Å². The Kier molecular flexibility index (Phi) is 13.2. The van der Waals surface area contributed by atoms with Gasteiger partial charge in [-0.3, -0.25) is 29.1 Å². The molecular weight excluding hydrogens is 933 g/mol. The molecule has 0 spiro atoms. The normalized spacial score (nSPS) is 20.7. The van der Waals surface area contributed by atoms with E-state index in [2.05, 4.69) is 48.2 Å². The monoisotopic (exact) mass is 993 g/mol. The molecule has 0 radical (unpaired) electrons. The summed E-state index contributed by atoms with van der Waals surface area (Å²) in [5.74, 6) is 0.558. The van der Waals surface area contributed by atoms with Crippen molar-refractivity contribution in [3.05, 3.63) is 120 Å². The van der Waals surface area contributed by atoms with E-state index >= 15 is 4.39 Å². The maximum absolute atomic E-state index is 15.6. The van der Waals surface area contributed by atoms with E-state index in [0.29, 0.717) is 83.0 Å². The summed E-state index contributed by atoms with van der Waals surface area (Å²) in [6.45, 7) is 12.5. The number of hydrogen-bond acceptors (Lipinski definition) is 11. The number of nitrogens with one attached hydrogen (secondary N) is 3. The topological polar surface area (TPSA) is 152 Å². The van der Waals surface area contributed by atoms with Gasteiger partial charge in [-0.15, -0.1) is 0 Å². The highest BCUT2D eigenvalue weighted by atomic mass is 19.1. The lowest BCUT2D eigenvalue weighted by atomic mass is 9.95. The highest BCUT2D eigenvalue weighted by Gasteiger charge is 2.56. The number of methoxy groups -OCH3 is 1. The highest BCUT2D eigenvalue weighted by Crippen LogP contribution is 2.48. The van der Waals surface area contributed by atoms with Crippen molar-refractivity contribution in [2.45, 2.75) is 70.0 Å². The zero-order chi connectivity index (χ0) is 50.4. The number of pyridine rings is 1. The number of fused-ring (bicyclic) bond motifs is 2. The van der Waals surface area contributed by atoms with Crippen LogP contribution in [0.4, 0.5) is 31.5 Å². The molecule has 5 aliphatic heterocycles. The Labute approximate surface area is 423 Å². The number of amides is 4. The quantitative estimate of drug-likeness (QED) is 0.0988. The lowest BCUT2D eigenvalue weighted by molar-refractivity contribution is -0.131. The van der Waals surface area contributed by atoms with E-state index in [0.717, 1.165) is 107 Å². The summed E-state index contributed by atoms with van der Waals surface area (Å²) < 4.78 is 41.3. The predicted octanol–water partition coefficient (Wildman–Crippen LogP) is 7.92. The summed E-state index contributed by atoms with van der Waals surface area (Å²) in [5.41, 5.74) is 3.95. The van der Waals surface area contributed by atoms with Gasteiger partial charge < -0.3 is 45.0 Å². The molecule has 4 aromatic carbocycles. The molecule has 0 bridgehead atoms. The minimum Gasteiger partial charge on any atom is -0.495 e. The van der Waals surface area contributed by atoms with Gasteiger partial charge in [0.2, 0.25) is 17.7 Å². The van der Waals surface area contributed by atoms with E-state index in [1.54, 1.807) is 48.5 Å². The summed E-state index contributed by atoms with van der Waals surface area (Å²) in [7, 11) is 1.69. The van der Waals surface area contributed by atoms with Crippen LogP contribution in [0.2, 0.25) is 0 Å². The first-order valence-corrected chi connectivity index (χ1v) is 25.6. The van der Waals surface area contributed by atoms with E-state index in [-0.39, 0.29) is 24.2 Å². The summed E-state index contributed by atoms with van der Waals surface area (Å²) in [4.78, 5) is 68.6. The van der Waals surface area contributed by atoms with E-state index in [1.807, 2.05) is 12.1 Å². The summed E-state index contributed by atoms with van der Waals surface area (Å²) >= 11 is 0. The minimum absolute atomic E-state index is 0.208. The number of piperidine rings is 3. The van der Waals surface area contributed by atoms with Gasteiger partial charge in [-0.25, -0.2) is 8.78 Å². The van der Waals surface area contributed by atoms with E-state index in [4.69, 9.17) is 14.5 Å². The van der Waals surface area contributed by atoms with Crippen LogP contribution in [0.5, 0.6) is 17.2 Å². The molecule has 6 aliphatic rings. The van der Waals surface area contributed by atoms with Gasteiger partial charge in [-0.05, 0) is 136 Å². The van der Waals surface area contributed by atoms with Gasteiger partial charge in [0, 0.05) is 111 Å². The fourth-order valence-corrected chi connectivity index (χ4v) is 11.6. The number of carbonyl (C=O) groups is 4. The fourth-order valence-electron chi connectivity index (χ4n) is 11.6. The van der Waals surface area contributed by atoms with Crippen molar-refractivity contribution in [3.63, 3.8) is 0 Å². The average Bonchev–Trinajstić information content (AvgIpc) is 4.16. The van der Waals surface area contributed by atoms with Crippen molar-refractivity contribution >= 4 is 57.3 Å². The second kappa shape index (κ2) is 20.1. The molecular formula is C56H61F2N9O6. The Morgan fingerprint density at radius 2 is 1.47 bits per heavy atom. The fraction of sp³-hybridized carbons (Fsp3) is 0.411.